The van der Waals surface area contributed by atoms with E-state index in [2.05, 4.69) is 6.58 Å². The minimum absolute atomic E-state index is 0.819. The standard InChI is InChI=1S/C12H14O/c1-2-10-5-7-12(8-6-10)13-9-11-3-4-11/h2,5-8,11H,1,3-4,9H2. The number of hydrogen-bond donors (Lipinski definition) is 0. The first-order chi connectivity index (χ1) is 6.38. The number of benzene rings is 1. The van der Waals surface area contributed by atoms with Gasteiger partial charge in [0.05, 0.1) is 6.61 Å². The van der Waals surface area contributed by atoms with E-state index in [1.54, 1.807) is 0 Å². The maximum atomic E-state index is 5.60. The molecule has 1 aliphatic carbocycles. The van der Waals surface area contributed by atoms with Crippen molar-refractivity contribution < 1.29 is 4.74 Å². The molecule has 1 heteroatoms. The van der Waals surface area contributed by atoms with Crippen LogP contribution in [0.4, 0.5) is 0 Å². The van der Waals surface area contributed by atoms with Gasteiger partial charge in [-0.25, -0.2) is 0 Å². The second-order valence-corrected chi connectivity index (χ2v) is 3.53. The molecule has 0 atom stereocenters. The maximum absolute atomic E-state index is 5.60. The van der Waals surface area contributed by atoms with Crippen LogP contribution in [0.2, 0.25) is 0 Å². The van der Waals surface area contributed by atoms with Crippen molar-refractivity contribution in [2.75, 3.05) is 6.61 Å². The monoisotopic (exact) mass is 174 g/mol. The van der Waals surface area contributed by atoms with Crippen LogP contribution in [0.15, 0.2) is 30.8 Å². The first-order valence-electron chi connectivity index (χ1n) is 4.74. The van der Waals surface area contributed by atoms with Crippen molar-refractivity contribution in [1.82, 2.24) is 0 Å². The Balaban J connectivity index is 1.91. The summed E-state index contributed by atoms with van der Waals surface area (Å²) in [6.45, 7) is 4.59. The molecule has 0 heterocycles. The van der Waals surface area contributed by atoms with Gasteiger partial charge in [-0.05, 0) is 36.5 Å². The molecule has 0 N–H and O–H groups in total. The molecule has 1 aromatic carbocycles. The third kappa shape index (κ3) is 2.35. The molecule has 1 aromatic rings. The van der Waals surface area contributed by atoms with Gasteiger partial charge in [0.25, 0.3) is 0 Å². The Bertz CT molecular complexity index is 282. The molecule has 0 spiro atoms. The van der Waals surface area contributed by atoms with Crippen molar-refractivity contribution in [3.8, 4) is 5.75 Å². The summed E-state index contributed by atoms with van der Waals surface area (Å²) in [7, 11) is 0. The molecule has 0 unspecified atom stereocenters. The van der Waals surface area contributed by atoms with E-state index in [0.29, 0.717) is 0 Å². The molecule has 1 nitrogen and oxygen atoms in total. The molecule has 2 rings (SSSR count). The summed E-state index contributed by atoms with van der Waals surface area (Å²) < 4.78 is 5.60. The molecule has 1 aliphatic rings. The first-order valence-corrected chi connectivity index (χ1v) is 4.74. The van der Waals surface area contributed by atoms with Crippen LogP contribution in [0.3, 0.4) is 0 Å². The highest BCUT2D eigenvalue weighted by molar-refractivity contribution is 5.48. The molecule has 1 saturated carbocycles. The minimum atomic E-state index is 0.819. The van der Waals surface area contributed by atoms with E-state index in [0.717, 1.165) is 23.8 Å². The van der Waals surface area contributed by atoms with Gasteiger partial charge in [-0.2, -0.15) is 0 Å². The van der Waals surface area contributed by atoms with Crippen molar-refractivity contribution in [3.63, 3.8) is 0 Å². The summed E-state index contributed by atoms with van der Waals surface area (Å²) in [6.07, 6.45) is 4.51. The molecule has 0 radical (unpaired) electrons. The highest BCUT2D eigenvalue weighted by Gasteiger charge is 2.21. The van der Waals surface area contributed by atoms with Crippen molar-refractivity contribution in [3.05, 3.63) is 36.4 Å². The lowest BCUT2D eigenvalue weighted by molar-refractivity contribution is 0.300. The number of rotatable bonds is 4. The predicted molar refractivity (Wildman–Crippen MR) is 54.8 cm³/mol. The van der Waals surface area contributed by atoms with Crippen LogP contribution in [0, 0.1) is 5.92 Å². The molecule has 13 heavy (non-hydrogen) atoms. The van der Waals surface area contributed by atoms with Gasteiger partial charge in [0, 0.05) is 0 Å². The van der Waals surface area contributed by atoms with Crippen LogP contribution in [0.5, 0.6) is 5.75 Å². The fraction of sp³-hybridized carbons (Fsp3) is 0.333. The highest BCUT2D eigenvalue weighted by Crippen LogP contribution is 2.29. The van der Waals surface area contributed by atoms with Crippen LogP contribution in [0.1, 0.15) is 18.4 Å². The quantitative estimate of drug-likeness (QED) is 0.681. The third-order valence-electron chi connectivity index (χ3n) is 2.30. The van der Waals surface area contributed by atoms with Crippen molar-refractivity contribution in [2.45, 2.75) is 12.8 Å². The molecule has 0 aliphatic heterocycles. The van der Waals surface area contributed by atoms with Gasteiger partial charge >= 0.3 is 0 Å². The van der Waals surface area contributed by atoms with Gasteiger partial charge in [0.15, 0.2) is 0 Å². The van der Waals surface area contributed by atoms with Crippen molar-refractivity contribution in [1.29, 1.82) is 0 Å². The number of ether oxygens (including phenoxy) is 1. The van der Waals surface area contributed by atoms with Crippen LogP contribution in [0.25, 0.3) is 6.08 Å². The van der Waals surface area contributed by atoms with Crippen LogP contribution in [-0.2, 0) is 0 Å². The van der Waals surface area contributed by atoms with Crippen LogP contribution >= 0.6 is 0 Å². The van der Waals surface area contributed by atoms with Gasteiger partial charge in [-0.1, -0.05) is 24.8 Å². The van der Waals surface area contributed by atoms with E-state index in [1.807, 2.05) is 30.3 Å². The highest BCUT2D eigenvalue weighted by atomic mass is 16.5. The molecular weight excluding hydrogens is 160 g/mol. The van der Waals surface area contributed by atoms with Crippen LogP contribution in [-0.4, -0.2) is 6.61 Å². The molecule has 0 bridgehead atoms. The second kappa shape index (κ2) is 3.65. The van der Waals surface area contributed by atoms with Gasteiger partial charge < -0.3 is 4.74 Å². The zero-order valence-corrected chi connectivity index (χ0v) is 7.70. The van der Waals surface area contributed by atoms with Gasteiger partial charge in [-0.15, -0.1) is 0 Å². The average molecular weight is 174 g/mol. The predicted octanol–water partition coefficient (Wildman–Crippen LogP) is 3.12. The summed E-state index contributed by atoms with van der Waals surface area (Å²) in [5, 5.41) is 0. The molecular formula is C12H14O. The van der Waals surface area contributed by atoms with Gasteiger partial charge in [0.2, 0.25) is 0 Å². The smallest absolute Gasteiger partial charge is 0.119 e. The van der Waals surface area contributed by atoms with E-state index in [4.69, 9.17) is 4.74 Å². The van der Waals surface area contributed by atoms with Gasteiger partial charge in [-0.3, -0.25) is 0 Å². The first kappa shape index (κ1) is 8.36. The van der Waals surface area contributed by atoms with Gasteiger partial charge in [0.1, 0.15) is 5.75 Å². The maximum Gasteiger partial charge on any atom is 0.119 e. The Morgan fingerprint density at radius 2 is 2.00 bits per heavy atom. The van der Waals surface area contributed by atoms with E-state index in [9.17, 15) is 0 Å². The van der Waals surface area contributed by atoms with Crippen LogP contribution < -0.4 is 4.74 Å². The normalized spacial score (nSPS) is 15.4. The lowest BCUT2D eigenvalue weighted by Gasteiger charge is -2.04. The van der Waals surface area contributed by atoms with E-state index < -0.39 is 0 Å². The Kier molecular flexibility index (Phi) is 2.35. The topological polar surface area (TPSA) is 9.23 Å². The van der Waals surface area contributed by atoms with Crippen molar-refractivity contribution in [2.24, 2.45) is 5.92 Å². The fourth-order valence-corrected chi connectivity index (χ4v) is 1.20. The van der Waals surface area contributed by atoms with E-state index in [-0.39, 0.29) is 0 Å². The Hall–Kier alpha value is -1.24. The Morgan fingerprint density at radius 3 is 2.54 bits per heavy atom. The minimum Gasteiger partial charge on any atom is -0.493 e. The summed E-state index contributed by atoms with van der Waals surface area (Å²) in [5.41, 5.74) is 1.14. The van der Waals surface area contributed by atoms with Crippen molar-refractivity contribution >= 4 is 6.08 Å². The summed E-state index contributed by atoms with van der Waals surface area (Å²) in [6, 6.07) is 8.04. The molecule has 1 fully saturated rings. The van der Waals surface area contributed by atoms with E-state index in [1.165, 1.54) is 12.8 Å². The average Bonchev–Trinajstić information content (AvgIpc) is 2.99. The zero-order valence-electron chi connectivity index (χ0n) is 7.70. The molecule has 0 aromatic heterocycles. The largest absolute Gasteiger partial charge is 0.493 e. The fourth-order valence-electron chi connectivity index (χ4n) is 1.20. The van der Waals surface area contributed by atoms with E-state index >= 15 is 0 Å². The molecule has 0 saturated heterocycles. The summed E-state index contributed by atoms with van der Waals surface area (Å²) in [5.74, 6) is 1.79. The molecule has 68 valence electrons. The third-order valence-corrected chi connectivity index (χ3v) is 2.30. The molecule has 0 amide bonds. The number of hydrogen-bond acceptors (Lipinski definition) is 1. The lowest BCUT2D eigenvalue weighted by Crippen LogP contribution is -1.98. The Morgan fingerprint density at radius 1 is 1.31 bits per heavy atom. The second-order valence-electron chi connectivity index (χ2n) is 3.53. The summed E-state index contributed by atoms with van der Waals surface area (Å²) in [4.78, 5) is 0. The SMILES string of the molecule is C=Cc1ccc(OCC2CC2)cc1. The zero-order chi connectivity index (χ0) is 9.10. The lowest BCUT2D eigenvalue weighted by atomic mass is 10.2. The Labute approximate surface area is 79.0 Å². The summed E-state index contributed by atoms with van der Waals surface area (Å²) >= 11 is 0.